The van der Waals surface area contributed by atoms with Gasteiger partial charge in [-0.2, -0.15) is 0 Å². The van der Waals surface area contributed by atoms with Crippen molar-refractivity contribution < 1.29 is 9.84 Å². The van der Waals surface area contributed by atoms with E-state index in [0.717, 1.165) is 5.69 Å². The van der Waals surface area contributed by atoms with Crippen LogP contribution in [-0.4, -0.2) is 27.8 Å². The molecule has 0 aliphatic heterocycles. The number of rotatable bonds is 5. The average Bonchev–Trinajstić information content (AvgIpc) is 2.18. The second kappa shape index (κ2) is 5.36. The molecule has 4 heteroatoms. The van der Waals surface area contributed by atoms with Gasteiger partial charge in [0.05, 0.1) is 23.4 Å². The Kier molecular flexibility index (Phi) is 4.34. The lowest BCUT2D eigenvalue weighted by molar-refractivity contribution is 0.0647. The molecule has 0 saturated carbocycles. The van der Waals surface area contributed by atoms with E-state index in [2.05, 4.69) is 10.3 Å². The van der Waals surface area contributed by atoms with Gasteiger partial charge >= 0.3 is 0 Å². The maximum Gasteiger partial charge on any atom is 0.237 e. The second-order valence-electron chi connectivity index (χ2n) is 5.04. The van der Waals surface area contributed by atoms with Crippen LogP contribution in [0.2, 0.25) is 0 Å². The summed E-state index contributed by atoms with van der Waals surface area (Å²) in [6.07, 6.45) is 1.76. The predicted octanol–water partition coefficient (Wildman–Crippen LogP) is 2.44. The van der Waals surface area contributed by atoms with Crippen molar-refractivity contribution in [2.45, 2.75) is 52.4 Å². The fourth-order valence-corrected chi connectivity index (χ4v) is 1.23. The lowest BCUT2D eigenvalue weighted by Crippen LogP contribution is -2.39. The third-order valence-electron chi connectivity index (χ3n) is 2.55. The van der Waals surface area contributed by atoms with Crippen molar-refractivity contribution in [3.63, 3.8) is 0 Å². The summed E-state index contributed by atoms with van der Waals surface area (Å²) in [5, 5.41) is 13.1. The normalized spacial score (nSPS) is 13.6. The van der Waals surface area contributed by atoms with E-state index in [1.807, 2.05) is 32.9 Å². The van der Waals surface area contributed by atoms with E-state index < -0.39 is 5.60 Å². The molecule has 0 amide bonds. The van der Waals surface area contributed by atoms with Crippen LogP contribution < -0.4 is 10.1 Å². The van der Waals surface area contributed by atoms with Gasteiger partial charge in [0.25, 0.3) is 0 Å². The Morgan fingerprint density at radius 1 is 1.35 bits per heavy atom. The first-order valence-corrected chi connectivity index (χ1v) is 5.91. The molecule has 2 N–H and O–H groups in total. The molecule has 1 rings (SSSR count). The van der Waals surface area contributed by atoms with Crippen LogP contribution in [0.15, 0.2) is 18.3 Å². The van der Waals surface area contributed by atoms with Gasteiger partial charge in [0.15, 0.2) is 0 Å². The van der Waals surface area contributed by atoms with Crippen molar-refractivity contribution in [2.24, 2.45) is 0 Å². The Morgan fingerprint density at radius 2 is 2.00 bits per heavy atom. The maximum atomic E-state index is 9.90. The molecule has 1 atom stereocenters. The zero-order valence-corrected chi connectivity index (χ0v) is 11.2. The number of nitrogens with zero attached hydrogens (tertiary/aromatic N) is 1. The van der Waals surface area contributed by atoms with Crippen molar-refractivity contribution in [1.29, 1.82) is 0 Å². The lowest BCUT2D eigenvalue weighted by Gasteiger charge is -2.28. The van der Waals surface area contributed by atoms with Crippen molar-refractivity contribution in [3.8, 4) is 5.88 Å². The summed E-state index contributed by atoms with van der Waals surface area (Å²) >= 11 is 0. The Balaban J connectivity index is 2.83. The molecule has 0 aliphatic rings. The second-order valence-corrected chi connectivity index (χ2v) is 5.04. The van der Waals surface area contributed by atoms with Crippen LogP contribution in [0, 0.1) is 0 Å². The van der Waals surface area contributed by atoms with Gasteiger partial charge in [-0.15, -0.1) is 0 Å². The molecule has 1 heterocycles. The van der Waals surface area contributed by atoms with Crippen LogP contribution in [0.4, 0.5) is 5.69 Å². The summed E-state index contributed by atoms with van der Waals surface area (Å²) < 4.78 is 5.60. The smallest absolute Gasteiger partial charge is 0.237 e. The van der Waals surface area contributed by atoms with Crippen LogP contribution in [-0.2, 0) is 0 Å². The van der Waals surface area contributed by atoms with Crippen LogP contribution >= 0.6 is 0 Å². The summed E-state index contributed by atoms with van der Waals surface area (Å²) in [6.45, 7) is 9.37. The van der Waals surface area contributed by atoms with Crippen molar-refractivity contribution in [1.82, 2.24) is 4.98 Å². The molecule has 0 radical (unpaired) electrons. The number of anilines is 1. The fraction of sp³-hybridized carbons (Fsp3) is 0.615. The van der Waals surface area contributed by atoms with E-state index in [1.165, 1.54) is 0 Å². The van der Waals surface area contributed by atoms with Gasteiger partial charge in [0, 0.05) is 6.20 Å². The highest BCUT2D eigenvalue weighted by Gasteiger charge is 2.23. The lowest BCUT2D eigenvalue weighted by atomic mass is 10.0. The predicted molar refractivity (Wildman–Crippen MR) is 69.4 cm³/mol. The maximum absolute atomic E-state index is 9.90. The third kappa shape index (κ3) is 4.23. The van der Waals surface area contributed by atoms with Crippen molar-refractivity contribution in [3.05, 3.63) is 18.3 Å². The molecule has 0 aromatic carbocycles. The highest BCUT2D eigenvalue weighted by atomic mass is 16.5. The van der Waals surface area contributed by atoms with E-state index in [1.54, 1.807) is 20.0 Å². The summed E-state index contributed by atoms with van der Waals surface area (Å²) in [5.74, 6) is 0.568. The molecule has 0 spiro atoms. The van der Waals surface area contributed by atoms with E-state index in [0.29, 0.717) is 5.88 Å². The molecule has 1 aromatic rings. The zero-order valence-electron chi connectivity index (χ0n) is 11.2. The van der Waals surface area contributed by atoms with Crippen LogP contribution in [0.25, 0.3) is 0 Å². The topological polar surface area (TPSA) is 54.4 Å². The van der Waals surface area contributed by atoms with Crippen molar-refractivity contribution >= 4 is 5.69 Å². The van der Waals surface area contributed by atoms with Crippen LogP contribution in [0.1, 0.15) is 34.6 Å². The molecule has 0 aliphatic carbocycles. The Morgan fingerprint density at radius 3 is 2.53 bits per heavy atom. The van der Waals surface area contributed by atoms with Gasteiger partial charge in [-0.3, -0.25) is 0 Å². The molecule has 1 aromatic heterocycles. The number of hydrogen-bond donors (Lipinski definition) is 2. The largest absolute Gasteiger partial charge is 0.473 e. The standard InChI is InChI=1S/C13H22N2O2/c1-9(2)17-12-11(7-6-8-14-12)15-10(3)13(4,5)16/h6-10,15-16H,1-5H3. The van der Waals surface area contributed by atoms with E-state index >= 15 is 0 Å². The number of ether oxygens (including phenoxy) is 1. The zero-order chi connectivity index (χ0) is 13.1. The first kappa shape index (κ1) is 13.8. The molecule has 0 bridgehead atoms. The molecule has 0 saturated heterocycles. The summed E-state index contributed by atoms with van der Waals surface area (Å²) in [6, 6.07) is 3.64. The Hall–Kier alpha value is -1.29. The molecular formula is C13H22N2O2. The quantitative estimate of drug-likeness (QED) is 0.827. The van der Waals surface area contributed by atoms with Gasteiger partial charge in [0.2, 0.25) is 5.88 Å². The monoisotopic (exact) mass is 238 g/mol. The van der Waals surface area contributed by atoms with Gasteiger partial charge in [0.1, 0.15) is 0 Å². The SMILES string of the molecule is CC(C)Oc1ncccc1NC(C)C(C)(C)O. The highest BCUT2D eigenvalue weighted by molar-refractivity contribution is 5.53. The third-order valence-corrected chi connectivity index (χ3v) is 2.55. The molecule has 1 unspecified atom stereocenters. The minimum atomic E-state index is -0.801. The molecule has 17 heavy (non-hydrogen) atoms. The number of aliphatic hydroxyl groups is 1. The van der Waals surface area contributed by atoms with Gasteiger partial charge in [-0.05, 0) is 46.8 Å². The first-order valence-electron chi connectivity index (χ1n) is 5.91. The van der Waals surface area contributed by atoms with E-state index in [-0.39, 0.29) is 12.1 Å². The van der Waals surface area contributed by atoms with E-state index in [4.69, 9.17) is 4.74 Å². The fourth-order valence-electron chi connectivity index (χ4n) is 1.23. The minimum absolute atomic E-state index is 0.0721. The van der Waals surface area contributed by atoms with E-state index in [9.17, 15) is 5.11 Å². The molecule has 0 fully saturated rings. The number of aromatic nitrogens is 1. The van der Waals surface area contributed by atoms with Gasteiger partial charge in [-0.25, -0.2) is 4.98 Å². The molecular weight excluding hydrogens is 216 g/mol. The van der Waals surface area contributed by atoms with Crippen molar-refractivity contribution in [2.75, 3.05) is 5.32 Å². The Labute approximate surface area is 103 Å². The summed E-state index contributed by atoms with van der Waals surface area (Å²) in [4.78, 5) is 4.19. The number of pyridine rings is 1. The van der Waals surface area contributed by atoms with Gasteiger partial charge in [-0.1, -0.05) is 0 Å². The van der Waals surface area contributed by atoms with Crippen LogP contribution in [0.5, 0.6) is 5.88 Å². The highest BCUT2D eigenvalue weighted by Crippen LogP contribution is 2.24. The first-order chi connectivity index (χ1) is 7.80. The summed E-state index contributed by atoms with van der Waals surface area (Å²) in [5.41, 5.74) is 0.00104. The molecule has 4 nitrogen and oxygen atoms in total. The minimum Gasteiger partial charge on any atom is -0.473 e. The van der Waals surface area contributed by atoms with Gasteiger partial charge < -0.3 is 15.2 Å². The number of nitrogens with one attached hydrogen (secondary N) is 1. The van der Waals surface area contributed by atoms with Crippen LogP contribution in [0.3, 0.4) is 0 Å². The molecule has 96 valence electrons. The average molecular weight is 238 g/mol. The number of hydrogen-bond acceptors (Lipinski definition) is 4. The summed E-state index contributed by atoms with van der Waals surface area (Å²) in [7, 11) is 0. The Bertz CT molecular complexity index is 359.